The minimum atomic E-state index is -0.269. The van der Waals surface area contributed by atoms with Crippen LogP contribution in [-0.4, -0.2) is 27.8 Å². The van der Waals surface area contributed by atoms with E-state index in [9.17, 15) is 4.79 Å². The number of carbonyl (C=O) groups excluding carboxylic acids is 1. The summed E-state index contributed by atoms with van der Waals surface area (Å²) in [5.74, 6) is 0.434. The summed E-state index contributed by atoms with van der Waals surface area (Å²) in [6.07, 6.45) is 4.21. The van der Waals surface area contributed by atoms with Crippen LogP contribution in [0.15, 0.2) is 6.33 Å². The second-order valence-electron chi connectivity index (χ2n) is 3.14. The lowest BCUT2D eigenvalue weighted by Crippen LogP contribution is -2.10. The third-order valence-corrected chi connectivity index (χ3v) is 2.12. The molecule has 1 saturated carbocycles. The highest BCUT2D eigenvalue weighted by Crippen LogP contribution is 2.35. The molecule has 2 rings (SSSR count). The van der Waals surface area contributed by atoms with E-state index in [0.717, 1.165) is 12.8 Å². The topological polar surface area (TPSA) is 57.0 Å². The van der Waals surface area contributed by atoms with E-state index in [4.69, 9.17) is 0 Å². The van der Waals surface area contributed by atoms with Gasteiger partial charge in [0.2, 0.25) is 0 Å². The molecule has 1 aliphatic carbocycles. The first-order valence-electron chi connectivity index (χ1n) is 4.26. The molecule has 1 fully saturated rings. The number of methoxy groups -OCH3 is 1. The van der Waals surface area contributed by atoms with Gasteiger partial charge in [-0.1, -0.05) is 0 Å². The molecule has 0 aromatic carbocycles. The largest absolute Gasteiger partial charge is 0.469 e. The van der Waals surface area contributed by atoms with Crippen LogP contribution in [0.25, 0.3) is 0 Å². The van der Waals surface area contributed by atoms with Crippen molar-refractivity contribution < 1.29 is 9.53 Å². The van der Waals surface area contributed by atoms with E-state index in [0.29, 0.717) is 11.9 Å². The van der Waals surface area contributed by atoms with E-state index in [1.54, 1.807) is 6.33 Å². The smallest absolute Gasteiger partial charge is 0.313 e. The summed E-state index contributed by atoms with van der Waals surface area (Å²) in [6.45, 7) is 0. The molecule has 70 valence electrons. The maximum Gasteiger partial charge on any atom is 0.313 e. The van der Waals surface area contributed by atoms with Crippen molar-refractivity contribution in [3.8, 4) is 0 Å². The molecule has 0 atom stereocenters. The molecule has 5 nitrogen and oxygen atoms in total. The minimum Gasteiger partial charge on any atom is -0.469 e. The monoisotopic (exact) mass is 181 g/mol. The average Bonchev–Trinajstić information content (AvgIpc) is 2.88. The van der Waals surface area contributed by atoms with Crippen molar-refractivity contribution in [1.29, 1.82) is 0 Å². The van der Waals surface area contributed by atoms with Crippen molar-refractivity contribution in [3.63, 3.8) is 0 Å². The molecule has 1 aliphatic rings. The van der Waals surface area contributed by atoms with Gasteiger partial charge in [0.1, 0.15) is 18.6 Å². The van der Waals surface area contributed by atoms with Crippen LogP contribution >= 0.6 is 0 Å². The summed E-state index contributed by atoms with van der Waals surface area (Å²) in [7, 11) is 1.38. The molecule has 0 amide bonds. The Balaban J connectivity index is 2.10. The van der Waals surface area contributed by atoms with Crippen molar-refractivity contribution in [3.05, 3.63) is 12.2 Å². The third kappa shape index (κ3) is 1.68. The van der Waals surface area contributed by atoms with Crippen LogP contribution in [0.3, 0.4) is 0 Å². The van der Waals surface area contributed by atoms with Crippen LogP contribution in [-0.2, 0) is 16.0 Å². The summed E-state index contributed by atoms with van der Waals surface area (Å²) >= 11 is 0. The van der Waals surface area contributed by atoms with Gasteiger partial charge in [-0.15, -0.1) is 10.2 Å². The fraction of sp³-hybridized carbons (Fsp3) is 0.625. The zero-order chi connectivity index (χ0) is 9.26. The van der Waals surface area contributed by atoms with Gasteiger partial charge in [0.05, 0.1) is 7.11 Å². The fourth-order valence-corrected chi connectivity index (χ4v) is 1.25. The number of esters is 1. The number of hydrogen-bond acceptors (Lipinski definition) is 4. The molecule has 0 aliphatic heterocycles. The highest BCUT2D eigenvalue weighted by molar-refractivity contribution is 5.71. The van der Waals surface area contributed by atoms with E-state index in [1.165, 1.54) is 7.11 Å². The minimum absolute atomic E-state index is 0.215. The average molecular weight is 181 g/mol. The van der Waals surface area contributed by atoms with E-state index < -0.39 is 0 Å². The molecule has 0 spiro atoms. The number of ether oxygens (including phenoxy) is 1. The molecule has 1 aromatic heterocycles. The van der Waals surface area contributed by atoms with E-state index in [2.05, 4.69) is 14.9 Å². The summed E-state index contributed by atoms with van der Waals surface area (Å²) in [5.41, 5.74) is 0. The Bertz CT molecular complexity index is 317. The van der Waals surface area contributed by atoms with Gasteiger partial charge in [-0.05, 0) is 12.8 Å². The van der Waals surface area contributed by atoms with Crippen molar-refractivity contribution >= 4 is 5.97 Å². The molecule has 0 saturated heterocycles. The maximum absolute atomic E-state index is 11.0. The van der Waals surface area contributed by atoms with E-state index >= 15 is 0 Å². The number of rotatable bonds is 3. The van der Waals surface area contributed by atoms with Crippen LogP contribution in [0.1, 0.15) is 24.7 Å². The van der Waals surface area contributed by atoms with Gasteiger partial charge in [0.25, 0.3) is 0 Å². The third-order valence-electron chi connectivity index (χ3n) is 2.12. The van der Waals surface area contributed by atoms with Gasteiger partial charge < -0.3 is 9.30 Å². The van der Waals surface area contributed by atoms with Crippen LogP contribution in [0, 0.1) is 0 Å². The number of hydrogen-bond donors (Lipinski definition) is 0. The number of aromatic nitrogens is 3. The first-order valence-corrected chi connectivity index (χ1v) is 4.26. The summed E-state index contributed by atoms with van der Waals surface area (Å²) in [6, 6.07) is 0.509. The predicted molar refractivity (Wildman–Crippen MR) is 44.0 cm³/mol. The molecule has 1 aromatic rings. The Kier molecular flexibility index (Phi) is 2.00. The van der Waals surface area contributed by atoms with Gasteiger partial charge in [-0.3, -0.25) is 4.79 Å². The Hall–Kier alpha value is -1.39. The molecule has 1 heterocycles. The molecule has 0 unspecified atom stereocenters. The predicted octanol–water partition coefficient (Wildman–Crippen LogP) is 0.328. The number of carbonyl (C=O) groups is 1. The first kappa shape index (κ1) is 8.22. The van der Waals surface area contributed by atoms with Gasteiger partial charge in [-0.2, -0.15) is 0 Å². The molecular weight excluding hydrogens is 170 g/mol. The lowest BCUT2D eigenvalue weighted by atomic mass is 10.4. The van der Waals surface area contributed by atoms with Gasteiger partial charge >= 0.3 is 5.97 Å². The molecule has 5 heteroatoms. The molecule has 0 bridgehead atoms. The summed E-state index contributed by atoms with van der Waals surface area (Å²) in [5, 5.41) is 7.65. The van der Waals surface area contributed by atoms with Crippen molar-refractivity contribution in [2.24, 2.45) is 0 Å². The lowest BCUT2D eigenvalue weighted by Gasteiger charge is -2.02. The Morgan fingerprint density at radius 1 is 1.77 bits per heavy atom. The Morgan fingerprint density at radius 2 is 2.54 bits per heavy atom. The van der Waals surface area contributed by atoms with Crippen LogP contribution < -0.4 is 0 Å². The second kappa shape index (κ2) is 3.16. The highest BCUT2D eigenvalue weighted by Gasteiger charge is 2.26. The van der Waals surface area contributed by atoms with E-state index in [1.807, 2.05) is 4.57 Å². The fourth-order valence-electron chi connectivity index (χ4n) is 1.25. The van der Waals surface area contributed by atoms with Crippen molar-refractivity contribution in [2.75, 3.05) is 7.11 Å². The molecule has 0 N–H and O–H groups in total. The SMILES string of the molecule is COC(=O)Cc1nncn1C1CC1. The summed E-state index contributed by atoms with van der Waals surface area (Å²) in [4.78, 5) is 11.0. The van der Waals surface area contributed by atoms with Gasteiger partial charge in [0.15, 0.2) is 0 Å². The Morgan fingerprint density at radius 3 is 3.15 bits per heavy atom. The highest BCUT2D eigenvalue weighted by atomic mass is 16.5. The standard InChI is InChI=1S/C8H11N3O2/c1-13-8(12)4-7-10-9-5-11(7)6-2-3-6/h5-6H,2-4H2,1H3. The second-order valence-corrected chi connectivity index (χ2v) is 3.14. The summed E-state index contributed by atoms with van der Waals surface area (Å²) < 4.78 is 6.51. The van der Waals surface area contributed by atoms with Crippen LogP contribution in [0.2, 0.25) is 0 Å². The quantitative estimate of drug-likeness (QED) is 0.630. The lowest BCUT2D eigenvalue weighted by molar-refractivity contribution is -0.139. The first-order chi connectivity index (χ1) is 6.31. The zero-order valence-electron chi connectivity index (χ0n) is 7.43. The zero-order valence-corrected chi connectivity index (χ0v) is 7.43. The van der Waals surface area contributed by atoms with Crippen LogP contribution in [0.5, 0.6) is 0 Å². The van der Waals surface area contributed by atoms with Gasteiger partial charge in [-0.25, -0.2) is 0 Å². The maximum atomic E-state index is 11.0. The Labute approximate surface area is 75.7 Å². The van der Waals surface area contributed by atoms with Gasteiger partial charge in [0, 0.05) is 6.04 Å². The normalized spacial score (nSPS) is 15.8. The van der Waals surface area contributed by atoms with Crippen LogP contribution in [0.4, 0.5) is 0 Å². The van der Waals surface area contributed by atoms with E-state index in [-0.39, 0.29) is 12.4 Å². The molecule has 0 radical (unpaired) electrons. The van der Waals surface area contributed by atoms with Crippen molar-refractivity contribution in [1.82, 2.24) is 14.8 Å². The molecule has 13 heavy (non-hydrogen) atoms. The molecular formula is C8H11N3O2. The van der Waals surface area contributed by atoms with Crippen molar-refractivity contribution in [2.45, 2.75) is 25.3 Å². The number of nitrogens with zero attached hydrogens (tertiary/aromatic N) is 3.